The van der Waals surface area contributed by atoms with Crippen molar-refractivity contribution in [1.29, 1.82) is 0 Å². The van der Waals surface area contributed by atoms with Gasteiger partial charge in [-0.15, -0.1) is 0 Å². The molecule has 40 heavy (non-hydrogen) atoms. The van der Waals surface area contributed by atoms with Crippen LogP contribution in [0.2, 0.25) is 0 Å². The van der Waals surface area contributed by atoms with E-state index in [0.29, 0.717) is 22.3 Å². The highest BCUT2D eigenvalue weighted by Crippen LogP contribution is 2.43. The molecule has 0 fully saturated rings. The number of benzene rings is 6. The first-order valence-electron chi connectivity index (χ1n) is 13.1. The molecule has 0 amide bonds. The van der Waals surface area contributed by atoms with Crippen LogP contribution in [-0.4, -0.2) is 14.2 Å². The number of fused-ring (bicyclic) bond motifs is 4. The van der Waals surface area contributed by atoms with Gasteiger partial charge in [0.05, 0.1) is 14.2 Å². The van der Waals surface area contributed by atoms with Crippen LogP contribution in [0.5, 0.6) is 11.5 Å². The van der Waals surface area contributed by atoms with E-state index in [9.17, 15) is 9.59 Å². The molecule has 0 aliphatic carbocycles. The molecule has 8 bridgehead atoms. The second kappa shape index (κ2) is 9.21. The molecule has 0 radical (unpaired) electrons. The SMILES string of the molecule is COc1c(OC)c2ccc3cc2c2cc(ccc12)c(=O)ccc1ccc2ccc4ccc(ccc3=O)cc4c2c1. The minimum Gasteiger partial charge on any atom is -0.492 e. The fourth-order valence-corrected chi connectivity index (χ4v) is 5.71. The Morgan fingerprint density at radius 2 is 0.750 bits per heavy atom. The third-order valence-electron chi connectivity index (χ3n) is 7.74. The Kier molecular flexibility index (Phi) is 5.49. The second-order valence-electron chi connectivity index (χ2n) is 10.0. The summed E-state index contributed by atoms with van der Waals surface area (Å²) in [5.74, 6) is 1.17. The van der Waals surface area contributed by atoms with Crippen LogP contribution in [0, 0.1) is 0 Å². The molecule has 0 saturated heterocycles. The molecule has 0 heterocycles. The summed E-state index contributed by atoms with van der Waals surface area (Å²) in [7, 11) is 3.20. The summed E-state index contributed by atoms with van der Waals surface area (Å²) in [6.07, 6.45) is 0. The Hall–Kier alpha value is -5.22. The zero-order chi connectivity index (χ0) is 27.4. The molecule has 192 valence electrons. The van der Waals surface area contributed by atoms with Crippen molar-refractivity contribution in [3.63, 3.8) is 0 Å². The van der Waals surface area contributed by atoms with E-state index in [4.69, 9.17) is 9.47 Å². The van der Waals surface area contributed by atoms with E-state index < -0.39 is 0 Å². The maximum Gasteiger partial charge on any atom is 0.185 e. The summed E-state index contributed by atoms with van der Waals surface area (Å²) in [6, 6.07) is 34.6. The molecule has 7 aromatic rings. The standard InChI is InChI=1S/C36H24O4/c1-39-35-27-13-11-25-19-31(27)32-20-26(12-14-28(32)36(35)40-2)34(38)16-6-22-4-8-24-10-9-23-7-3-21(5-15-33(25)37)17-29(23)30(24)18-22/h3-20H,1-2H3. The van der Waals surface area contributed by atoms with Gasteiger partial charge in [0.2, 0.25) is 0 Å². The summed E-state index contributed by atoms with van der Waals surface area (Å²) in [5.41, 5.74) is -0.220. The minimum absolute atomic E-state index is 0.110. The molecule has 0 spiro atoms. The molecule has 4 nitrogen and oxygen atoms in total. The third-order valence-corrected chi connectivity index (χ3v) is 7.74. The van der Waals surface area contributed by atoms with Crippen molar-refractivity contribution >= 4 is 64.6 Å². The highest BCUT2D eigenvalue weighted by molar-refractivity contribution is 6.16. The fourth-order valence-electron chi connectivity index (χ4n) is 5.71. The number of methoxy groups -OCH3 is 2. The first-order chi connectivity index (χ1) is 19.5. The van der Waals surface area contributed by atoms with E-state index in [-0.39, 0.29) is 10.9 Å². The lowest BCUT2D eigenvalue weighted by atomic mass is 9.97. The first kappa shape index (κ1) is 23.9. The van der Waals surface area contributed by atoms with Crippen molar-refractivity contribution < 1.29 is 9.47 Å². The molecule has 7 aromatic carbocycles. The average molecular weight is 521 g/mol. The Morgan fingerprint density at radius 1 is 0.375 bits per heavy atom. The molecule has 0 aromatic heterocycles. The van der Waals surface area contributed by atoms with Crippen LogP contribution in [0.4, 0.5) is 0 Å². The van der Waals surface area contributed by atoms with Crippen LogP contribution in [0.3, 0.4) is 0 Å². The normalized spacial score (nSPS) is 11.4. The smallest absolute Gasteiger partial charge is 0.185 e. The van der Waals surface area contributed by atoms with Gasteiger partial charge in [0, 0.05) is 21.5 Å². The van der Waals surface area contributed by atoms with E-state index in [1.54, 1.807) is 38.5 Å². The molecule has 0 saturated carbocycles. The van der Waals surface area contributed by atoms with E-state index >= 15 is 0 Å². The zero-order valence-electron chi connectivity index (χ0n) is 22.0. The Bertz CT molecular complexity index is 2170. The Labute approximate surface area is 229 Å². The van der Waals surface area contributed by atoms with Crippen molar-refractivity contribution in [2.75, 3.05) is 14.2 Å². The number of rotatable bonds is 2. The van der Waals surface area contributed by atoms with Crippen molar-refractivity contribution in [3.8, 4) is 11.5 Å². The molecule has 4 heteroatoms. The predicted octanol–water partition coefficient (Wildman–Crippen LogP) is 7.91. The molecule has 0 aliphatic rings. The monoisotopic (exact) mass is 520 g/mol. The molecule has 0 aliphatic heterocycles. The van der Waals surface area contributed by atoms with Crippen molar-refractivity contribution in [2.45, 2.75) is 0 Å². The minimum atomic E-state index is -0.110. The highest BCUT2D eigenvalue weighted by Gasteiger charge is 2.16. The topological polar surface area (TPSA) is 52.6 Å². The van der Waals surface area contributed by atoms with Crippen LogP contribution < -0.4 is 20.3 Å². The second-order valence-corrected chi connectivity index (χ2v) is 10.0. The summed E-state index contributed by atoms with van der Waals surface area (Å²) in [6.45, 7) is 0. The lowest BCUT2D eigenvalue weighted by Gasteiger charge is -2.15. The highest BCUT2D eigenvalue weighted by atomic mass is 16.5. The quantitative estimate of drug-likeness (QED) is 0.217. The van der Waals surface area contributed by atoms with Crippen molar-refractivity contribution in [2.24, 2.45) is 0 Å². The largest absolute Gasteiger partial charge is 0.492 e. The Morgan fingerprint density at radius 3 is 1.18 bits per heavy atom. The lowest BCUT2D eigenvalue weighted by molar-refractivity contribution is 0.362. The zero-order valence-corrected chi connectivity index (χ0v) is 22.0. The molecular formula is C36H24O4. The van der Waals surface area contributed by atoms with Gasteiger partial charge in [-0.05, 0) is 91.6 Å². The number of ether oxygens (including phenoxy) is 2. The van der Waals surface area contributed by atoms with Gasteiger partial charge in [-0.2, -0.15) is 0 Å². The van der Waals surface area contributed by atoms with E-state index in [0.717, 1.165) is 53.9 Å². The molecule has 0 unspecified atom stereocenters. The summed E-state index contributed by atoms with van der Waals surface area (Å²) in [4.78, 5) is 26.7. The third kappa shape index (κ3) is 3.76. The van der Waals surface area contributed by atoms with Crippen LogP contribution in [0.15, 0.2) is 119 Å². The van der Waals surface area contributed by atoms with Crippen LogP contribution in [0.25, 0.3) is 64.6 Å². The van der Waals surface area contributed by atoms with Gasteiger partial charge in [-0.1, -0.05) is 60.7 Å². The Balaban J connectivity index is 1.69. The van der Waals surface area contributed by atoms with E-state index in [1.165, 1.54) is 0 Å². The summed E-state index contributed by atoms with van der Waals surface area (Å²) < 4.78 is 11.5. The van der Waals surface area contributed by atoms with Gasteiger partial charge >= 0.3 is 0 Å². The molecule has 0 N–H and O–H groups in total. The van der Waals surface area contributed by atoms with Crippen molar-refractivity contribution in [1.82, 2.24) is 0 Å². The molecular weight excluding hydrogens is 496 g/mol. The fraction of sp³-hybridized carbons (Fsp3) is 0.0556. The van der Waals surface area contributed by atoms with Gasteiger partial charge in [-0.3, -0.25) is 9.59 Å². The maximum atomic E-state index is 13.4. The van der Waals surface area contributed by atoms with E-state index in [1.807, 2.05) is 48.5 Å². The molecule has 0 atom stereocenters. The van der Waals surface area contributed by atoms with Crippen LogP contribution in [-0.2, 0) is 0 Å². The first-order valence-corrected chi connectivity index (χ1v) is 13.1. The van der Waals surface area contributed by atoms with E-state index in [2.05, 4.69) is 36.4 Å². The van der Waals surface area contributed by atoms with Gasteiger partial charge in [0.1, 0.15) is 0 Å². The van der Waals surface area contributed by atoms with Crippen LogP contribution >= 0.6 is 0 Å². The summed E-state index contributed by atoms with van der Waals surface area (Å²) >= 11 is 0. The number of hydrogen-bond donors (Lipinski definition) is 0. The van der Waals surface area contributed by atoms with Gasteiger partial charge in [0.25, 0.3) is 0 Å². The molecule has 7 rings (SSSR count). The van der Waals surface area contributed by atoms with Crippen LogP contribution in [0.1, 0.15) is 0 Å². The lowest BCUT2D eigenvalue weighted by Crippen LogP contribution is -1.98. The predicted molar refractivity (Wildman–Crippen MR) is 166 cm³/mol. The average Bonchev–Trinajstić information content (AvgIpc) is 3.00. The van der Waals surface area contributed by atoms with Gasteiger partial charge < -0.3 is 9.47 Å². The van der Waals surface area contributed by atoms with Crippen molar-refractivity contribution in [3.05, 3.63) is 130 Å². The number of hydrogen-bond acceptors (Lipinski definition) is 4. The van der Waals surface area contributed by atoms with Gasteiger partial charge in [0.15, 0.2) is 22.4 Å². The maximum absolute atomic E-state index is 13.4. The van der Waals surface area contributed by atoms with Gasteiger partial charge in [-0.25, -0.2) is 0 Å². The summed E-state index contributed by atoms with van der Waals surface area (Å²) in [5, 5.41) is 10.6.